The third kappa shape index (κ3) is 3.39. The molecule has 0 spiro atoms. The van der Waals surface area contributed by atoms with Gasteiger partial charge in [-0.05, 0) is 61.6 Å². The van der Waals surface area contributed by atoms with Crippen LogP contribution in [0.4, 0.5) is 10.2 Å². The Morgan fingerprint density at radius 3 is 2.60 bits per heavy atom. The molecule has 0 aliphatic carbocycles. The third-order valence-electron chi connectivity index (χ3n) is 4.84. The van der Waals surface area contributed by atoms with Gasteiger partial charge in [-0.3, -0.25) is 0 Å². The topological polar surface area (TPSA) is 29.9 Å². The Hall–Kier alpha value is -2.36. The van der Waals surface area contributed by atoms with Gasteiger partial charge in [0, 0.05) is 30.4 Å². The minimum absolute atomic E-state index is 0.196. The fourth-order valence-corrected chi connectivity index (χ4v) is 3.35. The summed E-state index contributed by atoms with van der Waals surface area (Å²) in [6.07, 6.45) is 1.86. The second-order valence-electron chi connectivity index (χ2n) is 7.19. The molecule has 1 N–H and O–H groups in total. The molecular weight excluding hydrogens is 313 g/mol. The molecule has 2 heterocycles. The number of aromatic nitrogens is 2. The summed E-state index contributed by atoms with van der Waals surface area (Å²) in [5.41, 5.74) is 5.78. The fourth-order valence-electron chi connectivity index (χ4n) is 3.35. The Balaban J connectivity index is 2.00. The van der Waals surface area contributed by atoms with Crippen LogP contribution < -0.4 is 5.32 Å². The predicted molar refractivity (Wildman–Crippen MR) is 103 cm³/mol. The molecule has 3 nitrogen and oxygen atoms in total. The molecule has 0 atom stereocenters. The zero-order valence-corrected chi connectivity index (χ0v) is 15.7. The average molecular weight is 339 g/mol. The zero-order valence-electron chi connectivity index (χ0n) is 15.7. The van der Waals surface area contributed by atoms with E-state index in [1.165, 1.54) is 22.7 Å². The average Bonchev–Trinajstić information content (AvgIpc) is 2.79. The first-order valence-electron chi connectivity index (χ1n) is 8.81. The van der Waals surface area contributed by atoms with Crippen molar-refractivity contribution in [3.8, 4) is 0 Å². The van der Waals surface area contributed by atoms with Crippen molar-refractivity contribution in [2.45, 2.75) is 47.7 Å². The Bertz CT molecular complexity index is 909. The molecule has 0 radical (unpaired) electrons. The minimum Gasteiger partial charge on any atom is -0.364 e. The van der Waals surface area contributed by atoms with Crippen molar-refractivity contribution in [1.82, 2.24) is 9.55 Å². The van der Waals surface area contributed by atoms with Gasteiger partial charge >= 0.3 is 0 Å². The molecule has 4 heteroatoms. The van der Waals surface area contributed by atoms with Crippen LogP contribution in [-0.4, -0.2) is 9.55 Å². The highest BCUT2D eigenvalue weighted by molar-refractivity contribution is 5.93. The maximum Gasteiger partial charge on any atom is 0.150 e. The highest BCUT2D eigenvalue weighted by Crippen LogP contribution is 2.30. The molecule has 1 aromatic carbocycles. The van der Waals surface area contributed by atoms with Crippen molar-refractivity contribution in [1.29, 1.82) is 0 Å². The first kappa shape index (κ1) is 17.5. The number of benzene rings is 1. The first-order chi connectivity index (χ1) is 11.9. The van der Waals surface area contributed by atoms with Gasteiger partial charge in [-0.15, -0.1) is 0 Å². The Labute approximate surface area is 148 Å². The van der Waals surface area contributed by atoms with E-state index in [-0.39, 0.29) is 5.82 Å². The second kappa shape index (κ2) is 6.87. The largest absolute Gasteiger partial charge is 0.364 e. The van der Waals surface area contributed by atoms with Gasteiger partial charge in [0.2, 0.25) is 0 Å². The molecule has 0 fully saturated rings. The molecule has 2 aromatic heterocycles. The van der Waals surface area contributed by atoms with E-state index in [0.717, 1.165) is 29.0 Å². The van der Waals surface area contributed by atoms with Crippen LogP contribution in [0.1, 0.15) is 36.2 Å². The van der Waals surface area contributed by atoms with E-state index in [1.54, 1.807) is 6.07 Å². The molecule has 0 unspecified atom stereocenters. The van der Waals surface area contributed by atoms with E-state index in [0.29, 0.717) is 12.5 Å². The summed E-state index contributed by atoms with van der Waals surface area (Å²) in [6.45, 7) is 12.3. The molecule has 0 bridgehead atoms. The summed E-state index contributed by atoms with van der Waals surface area (Å²) in [6, 6.07) is 7.00. The highest BCUT2D eigenvalue weighted by atomic mass is 19.1. The van der Waals surface area contributed by atoms with Crippen molar-refractivity contribution in [3.63, 3.8) is 0 Å². The Morgan fingerprint density at radius 2 is 1.92 bits per heavy atom. The Kier molecular flexibility index (Phi) is 4.80. The molecule has 25 heavy (non-hydrogen) atoms. The number of pyridine rings is 1. The van der Waals surface area contributed by atoms with E-state index >= 15 is 0 Å². The Morgan fingerprint density at radius 1 is 1.16 bits per heavy atom. The van der Waals surface area contributed by atoms with E-state index in [1.807, 2.05) is 19.2 Å². The molecule has 3 rings (SSSR count). The lowest BCUT2D eigenvalue weighted by Gasteiger charge is -2.15. The second-order valence-corrected chi connectivity index (χ2v) is 7.19. The molecule has 3 aromatic rings. The molecular formula is C21H26FN3. The van der Waals surface area contributed by atoms with Crippen molar-refractivity contribution < 1.29 is 4.39 Å². The van der Waals surface area contributed by atoms with E-state index in [2.05, 4.69) is 48.6 Å². The molecule has 0 saturated heterocycles. The van der Waals surface area contributed by atoms with Crippen LogP contribution in [0.3, 0.4) is 0 Å². The van der Waals surface area contributed by atoms with Crippen LogP contribution in [0.5, 0.6) is 0 Å². The lowest BCUT2D eigenvalue weighted by Crippen LogP contribution is -2.09. The van der Waals surface area contributed by atoms with Crippen LogP contribution in [0.2, 0.25) is 0 Å². The van der Waals surface area contributed by atoms with Crippen LogP contribution in [0, 0.1) is 32.5 Å². The lowest BCUT2D eigenvalue weighted by molar-refractivity contribution is 0.527. The summed E-state index contributed by atoms with van der Waals surface area (Å²) in [4.78, 5) is 4.59. The van der Waals surface area contributed by atoms with Gasteiger partial charge in [-0.25, -0.2) is 9.37 Å². The monoisotopic (exact) mass is 339 g/mol. The van der Waals surface area contributed by atoms with Crippen LogP contribution in [0.15, 0.2) is 30.5 Å². The summed E-state index contributed by atoms with van der Waals surface area (Å²) in [5, 5.41) is 4.71. The summed E-state index contributed by atoms with van der Waals surface area (Å²) in [7, 11) is 0. The summed E-state index contributed by atoms with van der Waals surface area (Å²) in [5.74, 6) is 1.25. The summed E-state index contributed by atoms with van der Waals surface area (Å²) >= 11 is 0. The number of nitrogens with one attached hydrogen (secondary N) is 1. The summed E-state index contributed by atoms with van der Waals surface area (Å²) < 4.78 is 15.7. The highest BCUT2D eigenvalue weighted by Gasteiger charge is 2.16. The molecule has 0 amide bonds. The number of rotatable bonds is 5. The lowest BCUT2D eigenvalue weighted by atomic mass is 10.1. The molecule has 0 saturated carbocycles. The smallest absolute Gasteiger partial charge is 0.150 e. The number of anilines is 1. The van der Waals surface area contributed by atoms with Gasteiger partial charge in [-0.1, -0.05) is 19.9 Å². The van der Waals surface area contributed by atoms with Crippen molar-refractivity contribution >= 4 is 16.7 Å². The van der Waals surface area contributed by atoms with Gasteiger partial charge in [0.05, 0.1) is 5.52 Å². The predicted octanol–water partition coefficient (Wildman–Crippen LogP) is 5.37. The maximum atomic E-state index is 13.3. The van der Waals surface area contributed by atoms with Gasteiger partial charge in [-0.2, -0.15) is 0 Å². The number of fused-ring (bicyclic) bond motifs is 1. The maximum absolute atomic E-state index is 13.3. The molecule has 0 aliphatic heterocycles. The van der Waals surface area contributed by atoms with Gasteiger partial charge in [0.1, 0.15) is 5.82 Å². The quantitative estimate of drug-likeness (QED) is 0.677. The number of hydrogen-bond acceptors (Lipinski definition) is 2. The number of aryl methyl sites for hydroxylation is 2. The van der Waals surface area contributed by atoms with Gasteiger partial charge in [0.15, 0.2) is 5.82 Å². The minimum atomic E-state index is -0.196. The van der Waals surface area contributed by atoms with E-state index in [9.17, 15) is 4.39 Å². The van der Waals surface area contributed by atoms with Crippen molar-refractivity contribution in [3.05, 3.63) is 58.7 Å². The number of hydrogen-bond donors (Lipinski definition) is 1. The van der Waals surface area contributed by atoms with Crippen LogP contribution in [-0.2, 0) is 13.1 Å². The fraction of sp³-hybridized carbons (Fsp3) is 0.381. The van der Waals surface area contributed by atoms with E-state index in [4.69, 9.17) is 0 Å². The number of halogens is 1. The normalized spacial score (nSPS) is 11.5. The number of nitrogens with zero attached hydrogens (tertiary/aromatic N) is 2. The standard InChI is InChI=1S/C21H26FN3/c1-13(2)12-25-16(5)15(4)19-8-9-23-21(20(19)25)24-11-17-6-7-18(22)10-14(17)3/h6-10,13H,11-12H2,1-5H3,(H,23,24). The SMILES string of the molecule is Cc1cc(F)ccc1CNc1nccc2c(C)c(C)n(CC(C)C)c12. The van der Waals surface area contributed by atoms with Crippen LogP contribution in [0.25, 0.3) is 10.9 Å². The third-order valence-corrected chi connectivity index (χ3v) is 4.84. The molecule has 0 aliphatic rings. The van der Waals surface area contributed by atoms with Crippen molar-refractivity contribution in [2.24, 2.45) is 5.92 Å². The van der Waals surface area contributed by atoms with Crippen LogP contribution >= 0.6 is 0 Å². The first-order valence-corrected chi connectivity index (χ1v) is 8.81. The van der Waals surface area contributed by atoms with Crippen molar-refractivity contribution in [2.75, 3.05) is 5.32 Å². The zero-order chi connectivity index (χ0) is 18.1. The molecule has 132 valence electrons. The van der Waals surface area contributed by atoms with Gasteiger partial charge < -0.3 is 9.88 Å². The van der Waals surface area contributed by atoms with Gasteiger partial charge in [0.25, 0.3) is 0 Å². The van der Waals surface area contributed by atoms with E-state index < -0.39 is 0 Å².